The summed E-state index contributed by atoms with van der Waals surface area (Å²) in [5.41, 5.74) is -0.861. The van der Waals surface area contributed by atoms with Gasteiger partial charge in [-0.15, -0.1) is 0 Å². The second-order valence-electron chi connectivity index (χ2n) is 11.6. The highest BCUT2D eigenvalue weighted by atomic mass is 32.9. The molecule has 1 heterocycles. The molecule has 0 radical (unpaired) electrons. The van der Waals surface area contributed by atoms with Crippen LogP contribution in [0.25, 0.3) is 0 Å². The van der Waals surface area contributed by atoms with Crippen molar-refractivity contribution < 1.29 is 14.1 Å². The molecule has 6 rings (SSSR count). The zero-order chi connectivity index (χ0) is 23.9. The molecule has 0 amide bonds. The minimum atomic E-state index is -2.26. The molecular formula is C28H35O3PS2. The van der Waals surface area contributed by atoms with Gasteiger partial charge in [0.2, 0.25) is 0 Å². The number of methoxy groups -OCH3 is 1. The molecule has 1 aromatic rings. The van der Waals surface area contributed by atoms with Gasteiger partial charge in [0.1, 0.15) is 11.4 Å². The zero-order valence-corrected chi connectivity index (χ0v) is 23.0. The fourth-order valence-electron chi connectivity index (χ4n) is 8.53. The van der Waals surface area contributed by atoms with Gasteiger partial charge in [0.15, 0.2) is 11.2 Å². The molecule has 1 saturated heterocycles. The van der Waals surface area contributed by atoms with Crippen LogP contribution < -0.4 is 10.0 Å². The molecule has 0 unspecified atom stereocenters. The summed E-state index contributed by atoms with van der Waals surface area (Å²) < 4.78 is 12.5. The third kappa shape index (κ3) is 3.06. The Labute approximate surface area is 213 Å². The van der Waals surface area contributed by atoms with Gasteiger partial charge < -0.3 is 9.26 Å². The standard InChI is InChI=1S/C28H35O3PS2/c1-18-28(31-32(33,34-18)22-8-6-21(30-4)7-9-22)16-13-25-23-10-5-19-17-20(29)11-14-26(19,2)24(23)12-15-27(25,28)3/h6-9,17,23-25H,1,5,10-16H2,2-4H3/t23-,24+,25+,26+,27+,28+,32-/m1/s1. The van der Waals surface area contributed by atoms with E-state index in [-0.39, 0.29) is 16.4 Å². The van der Waals surface area contributed by atoms with Gasteiger partial charge in [-0.05, 0) is 98.5 Å². The van der Waals surface area contributed by atoms with Crippen LogP contribution in [0.2, 0.25) is 0 Å². The lowest BCUT2D eigenvalue weighted by atomic mass is 9.46. The molecular weight excluding hydrogens is 479 g/mol. The number of ether oxygens (including phenoxy) is 1. The average Bonchev–Trinajstić information content (AvgIpc) is 3.27. The van der Waals surface area contributed by atoms with Gasteiger partial charge in [0.05, 0.1) is 7.11 Å². The number of ketones is 1. The molecule has 4 aliphatic carbocycles. The lowest BCUT2D eigenvalue weighted by molar-refractivity contribution is -0.118. The maximum atomic E-state index is 12.2. The summed E-state index contributed by atoms with van der Waals surface area (Å²) in [5, 5.41) is 1.11. The first-order valence-corrected chi connectivity index (χ1v) is 16.9. The molecule has 182 valence electrons. The molecule has 0 bridgehead atoms. The summed E-state index contributed by atoms with van der Waals surface area (Å²) in [6, 6.07) is 8.16. The van der Waals surface area contributed by atoms with Crippen LogP contribution in [0.1, 0.15) is 65.2 Å². The summed E-state index contributed by atoms with van der Waals surface area (Å²) in [7, 11) is 1.69. The molecule has 6 heteroatoms. The maximum Gasteiger partial charge on any atom is 0.155 e. The van der Waals surface area contributed by atoms with Gasteiger partial charge >= 0.3 is 0 Å². The van der Waals surface area contributed by atoms with Crippen molar-refractivity contribution in [3.63, 3.8) is 0 Å². The van der Waals surface area contributed by atoms with Crippen LogP contribution in [0, 0.1) is 28.6 Å². The molecule has 1 aliphatic heterocycles. The molecule has 34 heavy (non-hydrogen) atoms. The quantitative estimate of drug-likeness (QED) is 0.391. The van der Waals surface area contributed by atoms with E-state index in [1.165, 1.54) is 29.7 Å². The van der Waals surface area contributed by atoms with Crippen LogP contribution in [-0.4, -0.2) is 18.5 Å². The van der Waals surface area contributed by atoms with Gasteiger partial charge in [0, 0.05) is 22.0 Å². The minimum absolute atomic E-state index is 0.0767. The third-order valence-corrected chi connectivity index (χ3v) is 16.5. The summed E-state index contributed by atoms with van der Waals surface area (Å²) in [5.74, 6) is 3.20. The fraction of sp³-hybridized carbons (Fsp3) is 0.607. The van der Waals surface area contributed by atoms with Gasteiger partial charge in [-0.3, -0.25) is 4.79 Å². The van der Waals surface area contributed by atoms with Gasteiger partial charge in [-0.1, -0.05) is 49.2 Å². The smallest absolute Gasteiger partial charge is 0.155 e. The van der Waals surface area contributed by atoms with E-state index < -0.39 is 5.47 Å². The summed E-state index contributed by atoms with van der Waals surface area (Å²) in [6.45, 7) is 9.55. The van der Waals surface area contributed by atoms with Crippen molar-refractivity contribution in [3.8, 4) is 5.75 Å². The first-order valence-electron chi connectivity index (χ1n) is 12.7. The van der Waals surface area contributed by atoms with Crippen molar-refractivity contribution in [2.45, 2.75) is 70.8 Å². The number of carbonyl (C=O) groups is 1. The number of fused-ring (bicyclic) bond motifs is 6. The Hall–Kier alpha value is -0.870. The molecule has 0 N–H and O–H groups in total. The minimum Gasteiger partial charge on any atom is -0.497 e. The fourth-order valence-corrected chi connectivity index (χ4v) is 15.0. The Morgan fingerprint density at radius 3 is 2.56 bits per heavy atom. The highest BCUT2D eigenvalue weighted by molar-refractivity contribution is 8.73. The van der Waals surface area contributed by atoms with Crippen molar-refractivity contribution in [3.05, 3.63) is 47.4 Å². The van der Waals surface area contributed by atoms with Crippen LogP contribution in [0.5, 0.6) is 5.75 Å². The second-order valence-corrected chi connectivity index (χ2v) is 18.3. The second kappa shape index (κ2) is 7.81. The van der Waals surface area contributed by atoms with Crippen LogP contribution in [0.3, 0.4) is 0 Å². The Kier molecular flexibility index (Phi) is 5.41. The largest absolute Gasteiger partial charge is 0.497 e. The van der Waals surface area contributed by atoms with Crippen molar-refractivity contribution in [2.24, 2.45) is 28.6 Å². The molecule has 4 fully saturated rings. The van der Waals surface area contributed by atoms with Crippen molar-refractivity contribution in [2.75, 3.05) is 7.11 Å². The predicted molar refractivity (Wildman–Crippen MR) is 144 cm³/mol. The highest BCUT2D eigenvalue weighted by Gasteiger charge is 2.69. The lowest BCUT2D eigenvalue weighted by Gasteiger charge is -2.59. The first-order chi connectivity index (χ1) is 16.2. The van der Waals surface area contributed by atoms with E-state index in [4.69, 9.17) is 21.1 Å². The van der Waals surface area contributed by atoms with Crippen LogP contribution in [0.4, 0.5) is 0 Å². The van der Waals surface area contributed by atoms with Crippen LogP contribution in [-0.2, 0) is 21.1 Å². The van der Waals surface area contributed by atoms with Gasteiger partial charge in [-0.25, -0.2) is 0 Å². The number of hydrogen-bond donors (Lipinski definition) is 0. The van der Waals surface area contributed by atoms with Crippen LogP contribution in [0.15, 0.2) is 47.4 Å². The van der Waals surface area contributed by atoms with E-state index in [2.05, 4.69) is 32.6 Å². The van der Waals surface area contributed by atoms with Gasteiger partial charge in [0.25, 0.3) is 0 Å². The van der Waals surface area contributed by atoms with Crippen LogP contribution >= 0.6 is 16.8 Å². The van der Waals surface area contributed by atoms with Crippen molar-refractivity contribution in [1.29, 1.82) is 0 Å². The third-order valence-electron chi connectivity index (χ3n) is 10.4. The summed E-state index contributed by atoms with van der Waals surface area (Å²) in [4.78, 5) is 13.3. The number of carbonyl (C=O) groups excluding carboxylic acids is 1. The Bertz CT molecular complexity index is 1140. The number of benzene rings is 1. The normalized spacial score (nSPS) is 45.5. The Balaban J connectivity index is 1.32. The topological polar surface area (TPSA) is 35.5 Å². The summed E-state index contributed by atoms with van der Waals surface area (Å²) >= 11 is 8.03. The number of rotatable bonds is 2. The van der Waals surface area contributed by atoms with Crippen molar-refractivity contribution >= 4 is 39.7 Å². The summed E-state index contributed by atoms with van der Waals surface area (Å²) in [6.07, 6.45) is 10.7. The molecule has 7 atom stereocenters. The van der Waals surface area contributed by atoms with Gasteiger partial charge in [-0.2, -0.15) is 0 Å². The lowest BCUT2D eigenvalue weighted by Crippen LogP contribution is -2.54. The Morgan fingerprint density at radius 2 is 1.82 bits per heavy atom. The molecule has 5 aliphatic rings. The number of allylic oxidation sites excluding steroid dienone is 1. The molecule has 1 spiro atoms. The molecule has 3 nitrogen and oxygen atoms in total. The molecule has 0 aromatic heterocycles. The predicted octanol–water partition coefficient (Wildman–Crippen LogP) is 7.18. The van der Waals surface area contributed by atoms with E-state index in [0.29, 0.717) is 23.5 Å². The van der Waals surface area contributed by atoms with E-state index in [9.17, 15) is 4.79 Å². The monoisotopic (exact) mass is 514 g/mol. The Morgan fingerprint density at radius 1 is 1.09 bits per heavy atom. The highest BCUT2D eigenvalue weighted by Crippen LogP contribution is 2.81. The molecule has 1 aromatic carbocycles. The first kappa shape index (κ1) is 23.5. The van der Waals surface area contributed by atoms with E-state index in [1.807, 2.05) is 18.2 Å². The maximum absolute atomic E-state index is 12.2. The number of hydrogen-bond acceptors (Lipinski definition) is 5. The van der Waals surface area contributed by atoms with E-state index in [0.717, 1.165) is 43.2 Å². The van der Waals surface area contributed by atoms with E-state index in [1.54, 1.807) is 18.5 Å². The average molecular weight is 515 g/mol. The molecule has 3 saturated carbocycles. The van der Waals surface area contributed by atoms with Crippen molar-refractivity contribution in [1.82, 2.24) is 0 Å². The SMILES string of the molecule is C=C1S[P@](=S)(c2ccc(OC)cc2)O[C@@]12CC[C@H]1[C@@H]3CCC4=CC(=O)CC[C@]4(C)[C@H]3CC[C@@]12C. The van der Waals surface area contributed by atoms with E-state index >= 15 is 0 Å². The zero-order valence-electron chi connectivity index (χ0n) is 20.5.